The number of amides is 1. The van der Waals surface area contributed by atoms with Crippen LogP contribution in [0.15, 0.2) is 18.2 Å². The number of esters is 1. The lowest BCUT2D eigenvalue weighted by molar-refractivity contribution is -0.146. The van der Waals surface area contributed by atoms with Gasteiger partial charge in [0.1, 0.15) is 0 Å². The second-order valence-corrected chi connectivity index (χ2v) is 5.17. The van der Waals surface area contributed by atoms with Gasteiger partial charge in [-0.25, -0.2) is 9.78 Å². The third kappa shape index (κ3) is 4.03. The minimum absolute atomic E-state index is 0.0671. The molecule has 0 radical (unpaired) electrons. The first-order chi connectivity index (χ1) is 11.2. The van der Waals surface area contributed by atoms with Crippen LogP contribution in [-0.2, 0) is 22.8 Å². The SMILES string of the molecule is CC(=O)NCCCOC(=O)c1ccc2c(c1)nc(C(F)(F)F)n2C. The lowest BCUT2D eigenvalue weighted by Crippen LogP contribution is -2.22. The molecule has 24 heavy (non-hydrogen) atoms. The van der Waals surface area contributed by atoms with Gasteiger partial charge in [0.05, 0.1) is 23.2 Å². The van der Waals surface area contributed by atoms with E-state index in [9.17, 15) is 22.8 Å². The van der Waals surface area contributed by atoms with Crippen LogP contribution in [0.3, 0.4) is 0 Å². The van der Waals surface area contributed by atoms with E-state index in [1.165, 1.54) is 32.2 Å². The van der Waals surface area contributed by atoms with Gasteiger partial charge in [0.25, 0.3) is 0 Å². The van der Waals surface area contributed by atoms with Crippen LogP contribution in [0.4, 0.5) is 13.2 Å². The molecule has 0 fully saturated rings. The van der Waals surface area contributed by atoms with Crippen LogP contribution in [0, 0.1) is 0 Å². The number of rotatable bonds is 5. The van der Waals surface area contributed by atoms with E-state index >= 15 is 0 Å². The highest BCUT2D eigenvalue weighted by atomic mass is 19.4. The maximum atomic E-state index is 12.8. The zero-order valence-corrected chi connectivity index (χ0v) is 13.1. The van der Waals surface area contributed by atoms with E-state index in [0.29, 0.717) is 13.0 Å². The Morgan fingerprint density at radius 1 is 1.33 bits per heavy atom. The molecule has 0 aliphatic carbocycles. The molecule has 0 bridgehead atoms. The molecular weight excluding hydrogens is 327 g/mol. The molecule has 9 heteroatoms. The van der Waals surface area contributed by atoms with Gasteiger partial charge in [-0.2, -0.15) is 13.2 Å². The first-order valence-corrected chi connectivity index (χ1v) is 7.15. The maximum Gasteiger partial charge on any atom is 0.449 e. The number of aromatic nitrogens is 2. The van der Waals surface area contributed by atoms with E-state index in [2.05, 4.69) is 10.3 Å². The van der Waals surface area contributed by atoms with Crippen LogP contribution >= 0.6 is 0 Å². The molecule has 6 nitrogen and oxygen atoms in total. The Bertz CT molecular complexity index is 768. The maximum absolute atomic E-state index is 12.8. The summed E-state index contributed by atoms with van der Waals surface area (Å²) in [5.74, 6) is -1.86. The summed E-state index contributed by atoms with van der Waals surface area (Å²) in [7, 11) is 1.26. The molecule has 1 aromatic carbocycles. The Hall–Kier alpha value is -2.58. The van der Waals surface area contributed by atoms with Crippen molar-refractivity contribution < 1.29 is 27.5 Å². The second kappa shape index (κ2) is 6.90. The fourth-order valence-corrected chi connectivity index (χ4v) is 2.17. The average molecular weight is 343 g/mol. The first kappa shape index (κ1) is 17.8. The van der Waals surface area contributed by atoms with Crippen molar-refractivity contribution in [1.82, 2.24) is 14.9 Å². The number of hydrogen-bond acceptors (Lipinski definition) is 4. The Balaban J connectivity index is 2.07. The molecule has 0 unspecified atom stereocenters. The molecule has 130 valence electrons. The summed E-state index contributed by atoms with van der Waals surface area (Å²) in [4.78, 5) is 26.1. The summed E-state index contributed by atoms with van der Waals surface area (Å²) in [5, 5.41) is 2.56. The number of fused-ring (bicyclic) bond motifs is 1. The van der Waals surface area contributed by atoms with Gasteiger partial charge in [-0.3, -0.25) is 4.79 Å². The van der Waals surface area contributed by atoms with E-state index < -0.39 is 18.0 Å². The third-order valence-corrected chi connectivity index (χ3v) is 3.30. The summed E-state index contributed by atoms with van der Waals surface area (Å²) in [5.41, 5.74) is 0.455. The predicted molar refractivity (Wildman–Crippen MR) is 79.3 cm³/mol. The number of alkyl halides is 3. The number of nitrogens with one attached hydrogen (secondary N) is 1. The normalized spacial score (nSPS) is 11.5. The van der Waals surface area contributed by atoms with Crippen molar-refractivity contribution in [2.75, 3.05) is 13.2 Å². The van der Waals surface area contributed by atoms with E-state index in [1.54, 1.807) is 0 Å². The molecule has 1 amide bonds. The Morgan fingerprint density at radius 2 is 2.04 bits per heavy atom. The van der Waals surface area contributed by atoms with Crippen molar-refractivity contribution in [2.24, 2.45) is 7.05 Å². The first-order valence-electron chi connectivity index (χ1n) is 7.15. The number of hydrogen-bond donors (Lipinski definition) is 1. The topological polar surface area (TPSA) is 73.2 Å². The van der Waals surface area contributed by atoms with Gasteiger partial charge in [0.15, 0.2) is 0 Å². The average Bonchev–Trinajstić information content (AvgIpc) is 2.83. The van der Waals surface area contributed by atoms with Gasteiger partial charge in [-0.15, -0.1) is 0 Å². The summed E-state index contributed by atoms with van der Waals surface area (Å²) in [6, 6.07) is 4.05. The van der Waals surface area contributed by atoms with Crippen LogP contribution < -0.4 is 5.32 Å². The Kier molecular flexibility index (Phi) is 5.10. The van der Waals surface area contributed by atoms with Crippen molar-refractivity contribution in [3.05, 3.63) is 29.6 Å². The molecule has 0 atom stereocenters. The van der Waals surface area contributed by atoms with Crippen molar-refractivity contribution in [3.8, 4) is 0 Å². The fraction of sp³-hybridized carbons (Fsp3) is 0.400. The number of carbonyl (C=O) groups excluding carboxylic acids is 2. The van der Waals surface area contributed by atoms with E-state index in [-0.39, 0.29) is 29.1 Å². The monoisotopic (exact) mass is 343 g/mol. The summed E-state index contributed by atoms with van der Waals surface area (Å²) < 4.78 is 44.5. The zero-order valence-electron chi connectivity index (χ0n) is 13.1. The predicted octanol–water partition coefficient (Wildman–Crippen LogP) is 2.28. The smallest absolute Gasteiger partial charge is 0.449 e. The van der Waals surface area contributed by atoms with Crippen molar-refractivity contribution in [3.63, 3.8) is 0 Å². The van der Waals surface area contributed by atoms with Gasteiger partial charge >= 0.3 is 12.1 Å². The Morgan fingerprint density at radius 3 is 2.67 bits per heavy atom. The summed E-state index contributed by atoms with van der Waals surface area (Å²) in [6.07, 6.45) is -4.13. The number of nitrogens with zero attached hydrogens (tertiary/aromatic N) is 2. The van der Waals surface area contributed by atoms with Crippen LogP contribution in [0.25, 0.3) is 11.0 Å². The molecule has 1 N–H and O–H groups in total. The van der Waals surface area contributed by atoms with Crippen molar-refractivity contribution in [1.29, 1.82) is 0 Å². The van der Waals surface area contributed by atoms with E-state index in [4.69, 9.17) is 4.74 Å². The molecule has 2 aromatic rings. The van der Waals surface area contributed by atoms with Crippen molar-refractivity contribution >= 4 is 22.9 Å². The van der Waals surface area contributed by atoms with Crippen LogP contribution in [0.5, 0.6) is 0 Å². The molecule has 0 saturated carbocycles. The highest BCUT2D eigenvalue weighted by molar-refractivity contribution is 5.93. The summed E-state index contributed by atoms with van der Waals surface area (Å²) in [6.45, 7) is 1.84. The van der Waals surface area contributed by atoms with Crippen molar-refractivity contribution in [2.45, 2.75) is 19.5 Å². The number of imidazole rings is 1. The van der Waals surface area contributed by atoms with Gasteiger partial charge in [-0.1, -0.05) is 0 Å². The van der Waals surface area contributed by atoms with E-state index in [1.807, 2.05) is 0 Å². The molecule has 1 aromatic heterocycles. The minimum Gasteiger partial charge on any atom is -0.462 e. The third-order valence-electron chi connectivity index (χ3n) is 3.30. The van der Waals surface area contributed by atoms with Crippen LogP contribution in [0.2, 0.25) is 0 Å². The quantitative estimate of drug-likeness (QED) is 0.668. The molecule has 0 saturated heterocycles. The minimum atomic E-state index is -4.57. The van der Waals surface area contributed by atoms with E-state index in [0.717, 1.165) is 4.57 Å². The molecule has 0 spiro atoms. The van der Waals surface area contributed by atoms with Gasteiger partial charge < -0.3 is 14.6 Å². The van der Waals surface area contributed by atoms with Gasteiger partial charge in [0.2, 0.25) is 11.7 Å². The molecule has 1 heterocycles. The largest absolute Gasteiger partial charge is 0.462 e. The number of benzene rings is 1. The van der Waals surface area contributed by atoms with Gasteiger partial charge in [-0.05, 0) is 24.6 Å². The van der Waals surface area contributed by atoms with Crippen LogP contribution in [-0.4, -0.2) is 34.6 Å². The number of ether oxygens (including phenoxy) is 1. The lowest BCUT2D eigenvalue weighted by Gasteiger charge is -2.06. The molecule has 0 aliphatic heterocycles. The molecule has 0 aliphatic rings. The highest BCUT2D eigenvalue weighted by Crippen LogP contribution is 2.30. The molecular formula is C15H16F3N3O3. The van der Waals surface area contributed by atoms with Crippen LogP contribution in [0.1, 0.15) is 29.5 Å². The number of halogens is 3. The number of carbonyl (C=O) groups is 2. The number of aryl methyl sites for hydroxylation is 1. The fourth-order valence-electron chi connectivity index (χ4n) is 2.17. The molecule has 2 rings (SSSR count). The lowest BCUT2D eigenvalue weighted by atomic mass is 10.2. The zero-order chi connectivity index (χ0) is 17.9. The highest BCUT2D eigenvalue weighted by Gasteiger charge is 2.36. The van der Waals surface area contributed by atoms with Gasteiger partial charge in [0, 0.05) is 20.5 Å². The standard InChI is InChI=1S/C15H16F3N3O3/c1-9(22)19-6-3-7-24-13(23)10-4-5-12-11(8-10)20-14(21(12)2)15(16,17)18/h4-5,8H,3,6-7H2,1-2H3,(H,19,22). The second-order valence-electron chi connectivity index (χ2n) is 5.17. The Labute approximate surface area is 135 Å². The summed E-state index contributed by atoms with van der Waals surface area (Å²) >= 11 is 0.